The molecule has 0 aliphatic carbocycles. The summed E-state index contributed by atoms with van der Waals surface area (Å²) >= 11 is 14.3. The highest BCUT2D eigenvalue weighted by Crippen LogP contribution is 2.17. The predicted octanol–water partition coefficient (Wildman–Crippen LogP) is 4.54. The van der Waals surface area contributed by atoms with Crippen LogP contribution < -0.4 is 10.6 Å². The van der Waals surface area contributed by atoms with E-state index in [9.17, 15) is 4.79 Å². The van der Waals surface area contributed by atoms with Crippen molar-refractivity contribution in [3.05, 3.63) is 63.1 Å². The summed E-state index contributed by atoms with van der Waals surface area (Å²) in [5.74, 6) is -0.262. The van der Waals surface area contributed by atoms with Crippen LogP contribution in [-0.4, -0.2) is 11.0 Å². The van der Waals surface area contributed by atoms with E-state index >= 15 is 0 Å². The number of halogens is 2. The molecule has 0 fully saturated rings. The lowest BCUT2D eigenvalue weighted by atomic mass is 10.1. The van der Waals surface area contributed by atoms with Gasteiger partial charge in [0, 0.05) is 20.7 Å². The molecule has 21 heavy (non-hydrogen) atoms. The molecule has 3 nitrogen and oxygen atoms in total. The average Bonchev–Trinajstić information content (AvgIpc) is 2.44. The molecule has 0 spiro atoms. The minimum absolute atomic E-state index is 0.235. The molecule has 2 aromatic rings. The topological polar surface area (TPSA) is 41.1 Å². The Balaban J connectivity index is 2.00. The van der Waals surface area contributed by atoms with Crippen molar-refractivity contribution in [2.24, 2.45) is 0 Å². The number of aryl methyl sites for hydroxylation is 1. The minimum Gasteiger partial charge on any atom is -0.332 e. The zero-order valence-electron chi connectivity index (χ0n) is 11.1. The van der Waals surface area contributed by atoms with Crippen molar-refractivity contribution < 1.29 is 4.79 Å². The number of thiocarbonyl (C=S) groups is 1. The van der Waals surface area contributed by atoms with E-state index in [2.05, 4.69) is 26.6 Å². The fourth-order valence-corrected chi connectivity index (χ4v) is 2.32. The minimum atomic E-state index is -0.262. The summed E-state index contributed by atoms with van der Waals surface area (Å²) in [6.45, 7) is 1.96. The third-order valence-electron chi connectivity index (χ3n) is 2.76. The molecule has 2 rings (SSSR count). The van der Waals surface area contributed by atoms with Gasteiger partial charge in [-0.05, 0) is 61.1 Å². The first-order chi connectivity index (χ1) is 9.95. The maximum absolute atomic E-state index is 12.1. The van der Waals surface area contributed by atoms with Crippen molar-refractivity contribution >= 4 is 56.5 Å². The molecule has 6 heteroatoms. The molecule has 0 aromatic heterocycles. The Bertz CT molecular complexity index is 689. The first kappa shape index (κ1) is 15.9. The Hall–Kier alpha value is -1.43. The standard InChI is InChI=1S/C15H12BrClN2OS/c1-9-2-3-10(8-13(9)16)14(20)19-15(21)18-12-6-4-11(17)5-7-12/h2-8H,1H3,(H2,18,19,20,21). The van der Waals surface area contributed by atoms with Crippen molar-refractivity contribution in [3.63, 3.8) is 0 Å². The van der Waals surface area contributed by atoms with E-state index < -0.39 is 0 Å². The molecule has 2 aromatic carbocycles. The van der Waals surface area contributed by atoms with E-state index in [-0.39, 0.29) is 11.0 Å². The van der Waals surface area contributed by atoms with Gasteiger partial charge in [0.1, 0.15) is 0 Å². The molecular formula is C15H12BrClN2OS. The third-order valence-corrected chi connectivity index (χ3v) is 4.07. The van der Waals surface area contributed by atoms with Crippen LogP contribution >= 0.6 is 39.7 Å². The summed E-state index contributed by atoms with van der Waals surface area (Å²) in [7, 11) is 0. The molecule has 0 heterocycles. The van der Waals surface area contributed by atoms with Crippen molar-refractivity contribution in [3.8, 4) is 0 Å². The predicted molar refractivity (Wildman–Crippen MR) is 94.0 cm³/mol. The molecule has 108 valence electrons. The number of benzene rings is 2. The van der Waals surface area contributed by atoms with E-state index in [0.717, 1.165) is 15.7 Å². The highest BCUT2D eigenvalue weighted by atomic mass is 79.9. The summed E-state index contributed by atoms with van der Waals surface area (Å²) in [5.41, 5.74) is 2.36. The molecule has 0 bridgehead atoms. The summed E-state index contributed by atoms with van der Waals surface area (Å²) < 4.78 is 0.881. The van der Waals surface area contributed by atoms with E-state index in [1.807, 2.05) is 13.0 Å². The average molecular weight is 384 g/mol. The van der Waals surface area contributed by atoms with Crippen LogP contribution in [-0.2, 0) is 0 Å². The van der Waals surface area contributed by atoms with Gasteiger partial charge in [-0.1, -0.05) is 33.6 Å². The number of carbonyl (C=O) groups is 1. The van der Waals surface area contributed by atoms with Crippen LogP contribution in [0.2, 0.25) is 5.02 Å². The quantitative estimate of drug-likeness (QED) is 0.748. The monoisotopic (exact) mass is 382 g/mol. The number of anilines is 1. The van der Waals surface area contributed by atoms with Gasteiger partial charge < -0.3 is 5.32 Å². The summed E-state index contributed by atoms with van der Waals surface area (Å²) in [6.07, 6.45) is 0. The van der Waals surface area contributed by atoms with Crippen LogP contribution in [0.25, 0.3) is 0 Å². The highest BCUT2D eigenvalue weighted by molar-refractivity contribution is 9.10. The van der Waals surface area contributed by atoms with Gasteiger partial charge >= 0.3 is 0 Å². The number of rotatable bonds is 2. The summed E-state index contributed by atoms with van der Waals surface area (Å²) in [4.78, 5) is 12.1. The molecule has 0 unspecified atom stereocenters. The third kappa shape index (κ3) is 4.52. The Kier molecular flexibility index (Phi) is 5.33. The number of hydrogen-bond donors (Lipinski definition) is 2. The molecule has 0 radical (unpaired) electrons. The second kappa shape index (κ2) is 7.02. The van der Waals surface area contributed by atoms with E-state index in [0.29, 0.717) is 10.6 Å². The zero-order chi connectivity index (χ0) is 15.4. The molecule has 0 atom stereocenters. The molecule has 0 aliphatic heterocycles. The first-order valence-electron chi connectivity index (χ1n) is 6.10. The van der Waals surface area contributed by atoms with Crippen molar-refractivity contribution in [1.82, 2.24) is 5.32 Å². The van der Waals surface area contributed by atoms with Gasteiger partial charge in [0.05, 0.1) is 0 Å². The van der Waals surface area contributed by atoms with Crippen molar-refractivity contribution in [2.45, 2.75) is 6.92 Å². The molecule has 2 N–H and O–H groups in total. The fourth-order valence-electron chi connectivity index (χ4n) is 1.60. The Labute approximate surface area is 141 Å². The van der Waals surface area contributed by atoms with E-state index in [1.165, 1.54) is 0 Å². The summed E-state index contributed by atoms with van der Waals surface area (Å²) in [6, 6.07) is 12.4. The molecule has 0 saturated carbocycles. The van der Waals surface area contributed by atoms with Crippen molar-refractivity contribution in [2.75, 3.05) is 5.32 Å². The van der Waals surface area contributed by atoms with Gasteiger partial charge in [-0.25, -0.2) is 0 Å². The highest BCUT2D eigenvalue weighted by Gasteiger charge is 2.09. The van der Waals surface area contributed by atoms with Crippen LogP contribution in [0.1, 0.15) is 15.9 Å². The SMILES string of the molecule is Cc1ccc(C(=O)NC(=S)Nc2ccc(Cl)cc2)cc1Br. The van der Waals surface area contributed by atoms with Gasteiger partial charge in [-0.3, -0.25) is 10.1 Å². The normalized spacial score (nSPS) is 10.0. The number of nitrogens with one attached hydrogen (secondary N) is 2. The lowest BCUT2D eigenvalue weighted by Gasteiger charge is -2.10. The van der Waals surface area contributed by atoms with Crippen LogP contribution in [0.4, 0.5) is 5.69 Å². The molecule has 1 amide bonds. The number of amides is 1. The van der Waals surface area contributed by atoms with Crippen molar-refractivity contribution in [1.29, 1.82) is 0 Å². The fraction of sp³-hybridized carbons (Fsp3) is 0.0667. The number of hydrogen-bond acceptors (Lipinski definition) is 2. The smallest absolute Gasteiger partial charge is 0.257 e. The molecular weight excluding hydrogens is 372 g/mol. The van der Waals surface area contributed by atoms with E-state index in [1.54, 1.807) is 36.4 Å². The van der Waals surface area contributed by atoms with Crippen LogP contribution in [0.15, 0.2) is 46.9 Å². The van der Waals surface area contributed by atoms with Gasteiger partial charge in [0.25, 0.3) is 5.91 Å². The lowest BCUT2D eigenvalue weighted by Crippen LogP contribution is -2.34. The largest absolute Gasteiger partial charge is 0.332 e. The van der Waals surface area contributed by atoms with Gasteiger partial charge in [0.2, 0.25) is 0 Å². The molecule has 0 saturated heterocycles. The first-order valence-corrected chi connectivity index (χ1v) is 7.67. The van der Waals surface area contributed by atoms with E-state index in [4.69, 9.17) is 23.8 Å². The maximum atomic E-state index is 12.1. The Morgan fingerprint density at radius 1 is 1.19 bits per heavy atom. The van der Waals surface area contributed by atoms with Crippen LogP contribution in [0.3, 0.4) is 0 Å². The zero-order valence-corrected chi connectivity index (χ0v) is 14.3. The number of carbonyl (C=O) groups excluding carboxylic acids is 1. The second-order valence-corrected chi connectivity index (χ2v) is 6.08. The van der Waals surface area contributed by atoms with Gasteiger partial charge in [0.15, 0.2) is 5.11 Å². The Morgan fingerprint density at radius 2 is 1.86 bits per heavy atom. The second-order valence-electron chi connectivity index (χ2n) is 4.38. The van der Waals surface area contributed by atoms with Gasteiger partial charge in [-0.15, -0.1) is 0 Å². The maximum Gasteiger partial charge on any atom is 0.257 e. The van der Waals surface area contributed by atoms with Crippen LogP contribution in [0, 0.1) is 6.92 Å². The Morgan fingerprint density at radius 3 is 2.48 bits per heavy atom. The van der Waals surface area contributed by atoms with Crippen LogP contribution in [0.5, 0.6) is 0 Å². The lowest BCUT2D eigenvalue weighted by molar-refractivity contribution is 0.0977. The molecule has 0 aliphatic rings. The summed E-state index contributed by atoms with van der Waals surface area (Å²) in [5, 5.41) is 6.43. The van der Waals surface area contributed by atoms with Gasteiger partial charge in [-0.2, -0.15) is 0 Å².